The lowest BCUT2D eigenvalue weighted by Gasteiger charge is -2.11. The third kappa shape index (κ3) is 5.42. The van der Waals surface area contributed by atoms with Crippen LogP contribution in [0.5, 0.6) is 5.75 Å². The molecule has 1 aliphatic heterocycles. The summed E-state index contributed by atoms with van der Waals surface area (Å²) in [5.74, 6) is -0.115. The maximum atomic E-state index is 12.3. The van der Waals surface area contributed by atoms with E-state index < -0.39 is 0 Å². The topological polar surface area (TPSA) is 84.5 Å². The first-order valence-corrected chi connectivity index (χ1v) is 9.37. The van der Waals surface area contributed by atoms with Crippen LogP contribution in [0.15, 0.2) is 48.5 Å². The first-order valence-electron chi connectivity index (χ1n) is 9.37. The Hall–Kier alpha value is -3.15. The van der Waals surface area contributed by atoms with Gasteiger partial charge in [0.1, 0.15) is 5.75 Å². The molecule has 0 aromatic heterocycles. The lowest BCUT2D eigenvalue weighted by atomic mass is 9.98. The zero-order chi connectivity index (χ0) is 20.1. The lowest BCUT2D eigenvalue weighted by Crippen LogP contribution is -2.22. The van der Waals surface area contributed by atoms with Crippen molar-refractivity contribution in [2.45, 2.75) is 39.2 Å². The summed E-state index contributed by atoms with van der Waals surface area (Å²) >= 11 is 0. The summed E-state index contributed by atoms with van der Waals surface area (Å²) in [4.78, 5) is 35.2. The number of hydrogen-bond donors (Lipinski definition) is 2. The van der Waals surface area contributed by atoms with Crippen LogP contribution in [0.1, 0.15) is 31.4 Å². The van der Waals surface area contributed by atoms with Gasteiger partial charge in [0.05, 0.1) is 18.4 Å². The molecule has 1 saturated heterocycles. The Bertz CT molecular complexity index is 874. The molecule has 146 valence electrons. The third-order valence-corrected chi connectivity index (χ3v) is 4.42. The first-order chi connectivity index (χ1) is 13.4. The number of amides is 3. The smallest absolute Gasteiger partial charge is 0.230 e. The summed E-state index contributed by atoms with van der Waals surface area (Å²) < 4.78 is 5.66. The van der Waals surface area contributed by atoms with Gasteiger partial charge in [-0.25, -0.2) is 0 Å². The number of imide groups is 1. The van der Waals surface area contributed by atoms with Crippen LogP contribution >= 0.6 is 0 Å². The van der Waals surface area contributed by atoms with Gasteiger partial charge in [0, 0.05) is 12.1 Å². The fourth-order valence-electron chi connectivity index (χ4n) is 3.17. The van der Waals surface area contributed by atoms with Crippen LogP contribution in [0.4, 0.5) is 5.69 Å². The summed E-state index contributed by atoms with van der Waals surface area (Å²) in [6.45, 7) is 3.92. The molecule has 6 nitrogen and oxygen atoms in total. The van der Waals surface area contributed by atoms with Crippen LogP contribution in [-0.2, 0) is 27.2 Å². The molecule has 3 amide bonds. The second kappa shape index (κ2) is 8.69. The van der Waals surface area contributed by atoms with Crippen molar-refractivity contribution in [1.82, 2.24) is 5.32 Å². The Morgan fingerprint density at radius 1 is 1.14 bits per heavy atom. The van der Waals surface area contributed by atoms with Gasteiger partial charge in [-0.1, -0.05) is 24.3 Å². The highest BCUT2D eigenvalue weighted by atomic mass is 16.5. The minimum absolute atomic E-state index is 0.0796. The quantitative estimate of drug-likeness (QED) is 0.724. The molecule has 2 aromatic carbocycles. The predicted molar refractivity (Wildman–Crippen MR) is 106 cm³/mol. The van der Waals surface area contributed by atoms with Crippen molar-refractivity contribution in [2.75, 3.05) is 5.32 Å². The zero-order valence-corrected chi connectivity index (χ0v) is 16.0. The number of anilines is 1. The Morgan fingerprint density at radius 3 is 2.54 bits per heavy atom. The Kier molecular flexibility index (Phi) is 6.09. The van der Waals surface area contributed by atoms with Crippen LogP contribution in [0.3, 0.4) is 0 Å². The molecule has 0 aliphatic carbocycles. The number of ether oxygens (including phenoxy) is 1. The molecule has 1 unspecified atom stereocenters. The Morgan fingerprint density at radius 2 is 1.89 bits per heavy atom. The molecule has 1 fully saturated rings. The molecular formula is C22H24N2O4. The fourth-order valence-corrected chi connectivity index (χ4v) is 3.17. The molecule has 28 heavy (non-hydrogen) atoms. The zero-order valence-electron chi connectivity index (χ0n) is 16.0. The van der Waals surface area contributed by atoms with Gasteiger partial charge in [-0.3, -0.25) is 19.7 Å². The second-order valence-corrected chi connectivity index (χ2v) is 7.25. The van der Waals surface area contributed by atoms with Crippen molar-refractivity contribution in [1.29, 1.82) is 0 Å². The maximum Gasteiger partial charge on any atom is 0.230 e. The summed E-state index contributed by atoms with van der Waals surface area (Å²) in [6, 6.07) is 14.9. The largest absolute Gasteiger partial charge is 0.491 e. The molecule has 2 N–H and O–H groups in total. The summed E-state index contributed by atoms with van der Waals surface area (Å²) in [5.41, 5.74) is 2.52. The van der Waals surface area contributed by atoms with Gasteiger partial charge in [-0.15, -0.1) is 0 Å². The summed E-state index contributed by atoms with van der Waals surface area (Å²) in [5, 5.41) is 5.19. The highest BCUT2D eigenvalue weighted by molar-refractivity contribution is 6.03. The SMILES string of the molecule is CC(C)Oc1cccc(CC(=O)Nc2ccc(CC3CC(=O)NC3=O)cc2)c1. The van der Waals surface area contributed by atoms with E-state index in [1.54, 1.807) is 12.1 Å². The number of rotatable bonds is 7. The van der Waals surface area contributed by atoms with Crippen LogP contribution in [0.25, 0.3) is 0 Å². The fraction of sp³-hybridized carbons (Fsp3) is 0.318. The van der Waals surface area contributed by atoms with Crippen LogP contribution in [0, 0.1) is 5.92 Å². The number of carbonyl (C=O) groups is 3. The van der Waals surface area contributed by atoms with Gasteiger partial charge in [0.25, 0.3) is 0 Å². The number of nitrogens with one attached hydrogen (secondary N) is 2. The molecule has 1 atom stereocenters. The van der Waals surface area contributed by atoms with E-state index in [9.17, 15) is 14.4 Å². The highest BCUT2D eigenvalue weighted by Gasteiger charge is 2.30. The van der Waals surface area contributed by atoms with E-state index in [2.05, 4.69) is 10.6 Å². The van der Waals surface area contributed by atoms with Crippen LogP contribution in [-0.4, -0.2) is 23.8 Å². The average molecular weight is 380 g/mol. The molecule has 1 heterocycles. The van der Waals surface area contributed by atoms with Crippen LogP contribution < -0.4 is 15.4 Å². The normalized spacial score (nSPS) is 16.2. The first kappa shape index (κ1) is 19.6. The van der Waals surface area contributed by atoms with Crippen molar-refractivity contribution in [3.63, 3.8) is 0 Å². The molecule has 0 spiro atoms. The molecule has 0 bridgehead atoms. The molecule has 2 aromatic rings. The van der Waals surface area contributed by atoms with Crippen molar-refractivity contribution in [2.24, 2.45) is 5.92 Å². The molecule has 0 saturated carbocycles. The highest BCUT2D eigenvalue weighted by Crippen LogP contribution is 2.19. The van der Waals surface area contributed by atoms with E-state index in [0.29, 0.717) is 12.1 Å². The van der Waals surface area contributed by atoms with Crippen molar-refractivity contribution < 1.29 is 19.1 Å². The van der Waals surface area contributed by atoms with Crippen molar-refractivity contribution >= 4 is 23.4 Å². The van der Waals surface area contributed by atoms with E-state index >= 15 is 0 Å². The van der Waals surface area contributed by atoms with E-state index in [0.717, 1.165) is 16.9 Å². The number of benzene rings is 2. The summed E-state index contributed by atoms with van der Waals surface area (Å²) in [6.07, 6.45) is 1.07. The van der Waals surface area contributed by atoms with Gasteiger partial charge in [0.2, 0.25) is 17.7 Å². The minimum atomic E-state index is -0.312. The van der Waals surface area contributed by atoms with E-state index in [4.69, 9.17) is 4.74 Å². The predicted octanol–water partition coefficient (Wildman–Crippen LogP) is 2.86. The van der Waals surface area contributed by atoms with Crippen molar-refractivity contribution in [3.8, 4) is 5.75 Å². The monoisotopic (exact) mass is 380 g/mol. The van der Waals surface area contributed by atoms with Gasteiger partial charge >= 0.3 is 0 Å². The van der Waals surface area contributed by atoms with E-state index in [1.807, 2.05) is 50.2 Å². The second-order valence-electron chi connectivity index (χ2n) is 7.25. The standard InChI is InChI=1S/C22H24N2O4/c1-14(2)28-19-5-3-4-16(11-19)12-20(25)23-18-8-6-15(7-9-18)10-17-13-21(26)24-22(17)27/h3-9,11,14,17H,10,12-13H2,1-2H3,(H,23,25)(H,24,26,27). The van der Waals surface area contributed by atoms with Crippen molar-refractivity contribution in [3.05, 3.63) is 59.7 Å². The lowest BCUT2D eigenvalue weighted by molar-refractivity contribution is -0.125. The van der Waals surface area contributed by atoms with E-state index in [1.165, 1.54) is 0 Å². The van der Waals surface area contributed by atoms with Gasteiger partial charge in [-0.2, -0.15) is 0 Å². The molecule has 0 radical (unpaired) electrons. The van der Waals surface area contributed by atoms with Gasteiger partial charge < -0.3 is 10.1 Å². The molecular weight excluding hydrogens is 356 g/mol. The maximum absolute atomic E-state index is 12.3. The molecule has 6 heteroatoms. The van der Waals surface area contributed by atoms with Crippen LogP contribution in [0.2, 0.25) is 0 Å². The Labute approximate surface area is 164 Å². The number of hydrogen-bond acceptors (Lipinski definition) is 4. The third-order valence-electron chi connectivity index (χ3n) is 4.42. The average Bonchev–Trinajstić information content (AvgIpc) is 2.93. The molecule has 3 rings (SSSR count). The van der Waals surface area contributed by atoms with Gasteiger partial charge in [-0.05, 0) is 55.7 Å². The summed E-state index contributed by atoms with van der Waals surface area (Å²) in [7, 11) is 0. The number of carbonyl (C=O) groups excluding carboxylic acids is 3. The Balaban J connectivity index is 1.54. The molecule has 1 aliphatic rings. The van der Waals surface area contributed by atoms with E-state index in [-0.39, 0.29) is 42.6 Å². The van der Waals surface area contributed by atoms with Gasteiger partial charge in [0.15, 0.2) is 0 Å². The minimum Gasteiger partial charge on any atom is -0.491 e.